The van der Waals surface area contributed by atoms with Gasteiger partial charge in [-0.25, -0.2) is 8.42 Å². The Balaban J connectivity index is 2.42. The van der Waals surface area contributed by atoms with Crippen molar-refractivity contribution in [3.63, 3.8) is 0 Å². The Bertz CT molecular complexity index is 882. The van der Waals surface area contributed by atoms with Crippen molar-refractivity contribution in [3.8, 4) is 6.07 Å². The highest BCUT2D eigenvalue weighted by Crippen LogP contribution is 2.25. The molecule has 1 aliphatic heterocycles. The van der Waals surface area contributed by atoms with Crippen LogP contribution in [0.1, 0.15) is 13.3 Å². The van der Waals surface area contributed by atoms with E-state index in [0.717, 1.165) is 5.57 Å². The highest BCUT2D eigenvalue weighted by Gasteiger charge is 2.17. The SMILES string of the molecule is CCC1=CN(C(=C=N)C#N)C=C/C1=C\S(=O)(=O)c1ccccc1. The first kappa shape index (κ1) is 16.5. The third-order valence-corrected chi connectivity index (χ3v) is 4.79. The van der Waals surface area contributed by atoms with Gasteiger partial charge in [0.25, 0.3) is 0 Å². The van der Waals surface area contributed by atoms with Crippen LogP contribution >= 0.6 is 0 Å². The van der Waals surface area contributed by atoms with Crippen LogP contribution in [0.4, 0.5) is 0 Å². The zero-order valence-corrected chi connectivity index (χ0v) is 13.3. The van der Waals surface area contributed by atoms with E-state index in [1.165, 1.54) is 10.3 Å². The molecular weight excluding hydrogens is 310 g/mol. The minimum atomic E-state index is -3.55. The number of nitrogens with zero attached hydrogens (tertiary/aromatic N) is 2. The molecule has 1 heterocycles. The molecule has 0 aromatic heterocycles. The second-order valence-corrected chi connectivity index (χ2v) is 6.54. The van der Waals surface area contributed by atoms with Crippen LogP contribution in [-0.2, 0) is 9.84 Å². The molecule has 0 spiro atoms. The monoisotopic (exact) mass is 325 g/mol. The fourth-order valence-corrected chi connectivity index (χ4v) is 3.33. The number of benzene rings is 1. The van der Waals surface area contributed by atoms with Gasteiger partial charge in [-0.2, -0.15) is 5.26 Å². The third kappa shape index (κ3) is 3.67. The molecule has 2 rings (SSSR count). The molecular formula is C17H15N3O2S. The summed E-state index contributed by atoms with van der Waals surface area (Å²) in [6, 6.07) is 10.1. The van der Waals surface area contributed by atoms with Gasteiger partial charge in [0, 0.05) is 23.7 Å². The van der Waals surface area contributed by atoms with Crippen molar-refractivity contribution < 1.29 is 8.42 Å². The standard InChI is InChI=1S/C17H15N3O2S/c1-2-14-12-20(16(10-18)11-19)9-8-15(14)13-23(21,22)17-6-4-3-5-7-17/h3-9,12-13,18H,2H2,1H3/b15-13+. The van der Waals surface area contributed by atoms with E-state index in [2.05, 4.69) is 5.87 Å². The molecule has 0 amide bonds. The molecule has 1 aromatic carbocycles. The van der Waals surface area contributed by atoms with E-state index in [1.54, 1.807) is 48.8 Å². The van der Waals surface area contributed by atoms with Gasteiger partial charge in [-0.1, -0.05) is 25.1 Å². The first-order chi connectivity index (χ1) is 11.0. The molecule has 5 nitrogen and oxygen atoms in total. The second kappa shape index (κ2) is 6.93. The predicted octanol–water partition coefficient (Wildman–Crippen LogP) is 3.12. The smallest absolute Gasteiger partial charge is 0.200 e. The average molecular weight is 325 g/mol. The van der Waals surface area contributed by atoms with E-state index in [9.17, 15) is 8.42 Å². The van der Waals surface area contributed by atoms with E-state index >= 15 is 0 Å². The molecule has 116 valence electrons. The number of rotatable bonds is 4. The molecule has 6 heteroatoms. The molecule has 0 atom stereocenters. The summed E-state index contributed by atoms with van der Waals surface area (Å²) in [5.41, 5.74) is 1.36. The van der Waals surface area contributed by atoms with E-state index in [0.29, 0.717) is 12.0 Å². The van der Waals surface area contributed by atoms with Crippen molar-refractivity contribution >= 4 is 15.7 Å². The molecule has 23 heavy (non-hydrogen) atoms. The normalized spacial score (nSPS) is 15.7. The van der Waals surface area contributed by atoms with Crippen molar-refractivity contribution in [2.24, 2.45) is 0 Å². The molecule has 0 fully saturated rings. The lowest BCUT2D eigenvalue weighted by atomic mass is 10.0. The number of sulfone groups is 1. The second-order valence-electron chi connectivity index (χ2n) is 4.75. The van der Waals surface area contributed by atoms with Crippen LogP contribution in [0, 0.1) is 16.7 Å². The molecule has 0 saturated heterocycles. The molecule has 0 aliphatic carbocycles. The Labute approximate surface area is 135 Å². The molecule has 0 saturated carbocycles. The topological polar surface area (TPSA) is 85.0 Å². The Kier molecular flexibility index (Phi) is 4.97. The van der Waals surface area contributed by atoms with Crippen LogP contribution in [0.3, 0.4) is 0 Å². The fourth-order valence-electron chi connectivity index (χ4n) is 2.10. The highest BCUT2D eigenvalue weighted by atomic mass is 32.2. The Morgan fingerprint density at radius 3 is 2.61 bits per heavy atom. The summed E-state index contributed by atoms with van der Waals surface area (Å²) in [6.45, 7) is 1.90. The van der Waals surface area contributed by atoms with Gasteiger partial charge in [0.2, 0.25) is 0 Å². The number of allylic oxidation sites excluding steroid dienone is 4. The number of nitrogens with one attached hydrogen (secondary N) is 1. The minimum absolute atomic E-state index is 0.0390. The molecule has 0 radical (unpaired) electrons. The van der Waals surface area contributed by atoms with Crippen LogP contribution in [0.25, 0.3) is 0 Å². The van der Waals surface area contributed by atoms with E-state index < -0.39 is 9.84 Å². The summed E-state index contributed by atoms with van der Waals surface area (Å²) in [6.07, 6.45) is 5.40. The quantitative estimate of drug-likeness (QED) is 0.681. The minimum Gasteiger partial charge on any atom is -0.307 e. The van der Waals surface area contributed by atoms with Crippen LogP contribution in [-0.4, -0.2) is 19.2 Å². The van der Waals surface area contributed by atoms with Gasteiger partial charge in [-0.15, -0.1) is 0 Å². The molecule has 0 bridgehead atoms. The van der Waals surface area contributed by atoms with Crippen molar-refractivity contribution in [1.29, 1.82) is 10.7 Å². The summed E-state index contributed by atoms with van der Waals surface area (Å²) in [7, 11) is -3.55. The average Bonchev–Trinajstić information content (AvgIpc) is 2.57. The zero-order chi connectivity index (χ0) is 16.9. The molecule has 1 N–H and O–H groups in total. The number of hydrogen-bond acceptors (Lipinski definition) is 5. The highest BCUT2D eigenvalue weighted by molar-refractivity contribution is 7.94. The van der Waals surface area contributed by atoms with Crippen molar-refractivity contribution in [2.75, 3.05) is 0 Å². The Morgan fingerprint density at radius 1 is 1.35 bits per heavy atom. The van der Waals surface area contributed by atoms with Gasteiger partial charge < -0.3 is 4.90 Å². The van der Waals surface area contributed by atoms with Crippen LogP contribution in [0.2, 0.25) is 0 Å². The van der Waals surface area contributed by atoms with Crippen molar-refractivity contribution in [3.05, 3.63) is 71.1 Å². The predicted molar refractivity (Wildman–Crippen MR) is 87.9 cm³/mol. The van der Waals surface area contributed by atoms with Gasteiger partial charge >= 0.3 is 0 Å². The first-order valence-corrected chi connectivity index (χ1v) is 8.45. The Morgan fingerprint density at radius 2 is 2.04 bits per heavy atom. The lowest BCUT2D eigenvalue weighted by Crippen LogP contribution is -2.14. The van der Waals surface area contributed by atoms with E-state index in [4.69, 9.17) is 10.7 Å². The number of hydrogen-bond donors (Lipinski definition) is 1. The van der Waals surface area contributed by atoms with Crippen molar-refractivity contribution in [2.45, 2.75) is 18.2 Å². The summed E-state index contributed by atoms with van der Waals surface area (Å²) >= 11 is 0. The molecule has 1 aliphatic rings. The zero-order valence-electron chi connectivity index (χ0n) is 12.5. The van der Waals surface area contributed by atoms with Crippen LogP contribution in [0.15, 0.2) is 76.0 Å². The largest absolute Gasteiger partial charge is 0.307 e. The number of nitriles is 1. The molecule has 0 unspecified atom stereocenters. The Hall–Kier alpha value is -2.87. The van der Waals surface area contributed by atoms with Gasteiger partial charge in [0.05, 0.1) is 4.90 Å². The lowest BCUT2D eigenvalue weighted by molar-refractivity contribution is 0.604. The fraction of sp³-hybridized carbons (Fsp3) is 0.118. The van der Waals surface area contributed by atoms with Gasteiger partial charge in [-0.3, -0.25) is 5.41 Å². The van der Waals surface area contributed by atoms with E-state index in [-0.39, 0.29) is 10.6 Å². The third-order valence-electron chi connectivity index (χ3n) is 3.30. The maximum absolute atomic E-state index is 12.4. The lowest BCUT2D eigenvalue weighted by Gasteiger charge is -2.20. The summed E-state index contributed by atoms with van der Waals surface area (Å²) in [5, 5.41) is 17.3. The summed E-state index contributed by atoms with van der Waals surface area (Å²) < 4.78 is 24.9. The van der Waals surface area contributed by atoms with Gasteiger partial charge in [0.1, 0.15) is 6.07 Å². The van der Waals surface area contributed by atoms with Gasteiger partial charge in [-0.05, 0) is 35.8 Å². The maximum Gasteiger partial charge on any atom is 0.200 e. The first-order valence-electron chi connectivity index (χ1n) is 6.91. The molecule has 1 aromatic rings. The van der Waals surface area contributed by atoms with E-state index in [1.807, 2.05) is 13.0 Å². The summed E-state index contributed by atoms with van der Waals surface area (Å²) in [4.78, 5) is 1.69. The van der Waals surface area contributed by atoms with Crippen molar-refractivity contribution in [1.82, 2.24) is 4.90 Å². The van der Waals surface area contributed by atoms with Gasteiger partial charge in [0.15, 0.2) is 15.5 Å². The summed E-state index contributed by atoms with van der Waals surface area (Å²) in [5.74, 6) is 2.05. The van der Waals surface area contributed by atoms with Crippen LogP contribution < -0.4 is 0 Å². The van der Waals surface area contributed by atoms with Crippen LogP contribution in [0.5, 0.6) is 0 Å². The maximum atomic E-state index is 12.4.